The molecule has 29 heavy (non-hydrogen) atoms. The first-order valence-corrected chi connectivity index (χ1v) is 10.6. The molecule has 6 nitrogen and oxygen atoms in total. The van der Waals surface area contributed by atoms with Crippen molar-refractivity contribution in [2.45, 2.75) is 42.2 Å². The summed E-state index contributed by atoms with van der Waals surface area (Å²) in [6, 6.07) is 13.5. The maximum Gasteiger partial charge on any atom is 0.122 e. The molecule has 3 rings (SSSR count). The van der Waals surface area contributed by atoms with Crippen molar-refractivity contribution in [3.63, 3.8) is 0 Å². The molecule has 7 heteroatoms. The van der Waals surface area contributed by atoms with E-state index < -0.39 is 28.8 Å². The standard InChI is InChI=1S/C22H28O6S/c1-3-28-16-7-4-13(5-8-16)10-15-11-14(6-9-17(15)27-2)22-21(26)20(25)19(24)18(12-23)29-22/h4-9,11,18-26H,3,10,12H2,1-2H3/t18-,19-,20?,21-,22+/m1/s1. The minimum atomic E-state index is -1.31. The third kappa shape index (κ3) is 4.87. The Morgan fingerprint density at radius 1 is 0.966 bits per heavy atom. The minimum absolute atomic E-state index is 0.276. The average Bonchev–Trinajstić information content (AvgIpc) is 2.74. The van der Waals surface area contributed by atoms with Crippen LogP contribution in [0.25, 0.3) is 0 Å². The predicted molar refractivity (Wildman–Crippen MR) is 113 cm³/mol. The topological polar surface area (TPSA) is 99.4 Å². The van der Waals surface area contributed by atoms with Crippen molar-refractivity contribution >= 4 is 11.8 Å². The van der Waals surface area contributed by atoms with Crippen LogP contribution in [-0.4, -0.2) is 64.3 Å². The van der Waals surface area contributed by atoms with Crippen LogP contribution in [0.2, 0.25) is 0 Å². The molecule has 1 aliphatic rings. The van der Waals surface area contributed by atoms with Crippen LogP contribution in [0.5, 0.6) is 11.5 Å². The summed E-state index contributed by atoms with van der Waals surface area (Å²) in [6.45, 7) is 2.28. The van der Waals surface area contributed by atoms with Crippen molar-refractivity contribution in [1.82, 2.24) is 0 Å². The van der Waals surface area contributed by atoms with Crippen LogP contribution in [0.15, 0.2) is 42.5 Å². The summed E-state index contributed by atoms with van der Waals surface area (Å²) in [5.41, 5.74) is 2.85. The van der Waals surface area contributed by atoms with E-state index in [4.69, 9.17) is 9.47 Å². The van der Waals surface area contributed by atoms with Crippen LogP contribution < -0.4 is 9.47 Å². The molecule has 0 aromatic heterocycles. The molecule has 1 fully saturated rings. The Kier molecular flexibility index (Phi) is 7.43. The Balaban J connectivity index is 1.86. The summed E-state index contributed by atoms with van der Waals surface area (Å²) in [6.07, 6.45) is -2.98. The summed E-state index contributed by atoms with van der Waals surface area (Å²) in [4.78, 5) is 0. The zero-order chi connectivity index (χ0) is 21.0. The lowest BCUT2D eigenvalue weighted by molar-refractivity contribution is -0.0700. The number of thioether (sulfide) groups is 1. The highest BCUT2D eigenvalue weighted by Crippen LogP contribution is 2.44. The molecular formula is C22H28O6S. The van der Waals surface area contributed by atoms with Gasteiger partial charge in [-0.05, 0) is 41.8 Å². The first-order chi connectivity index (χ1) is 14.0. The molecule has 2 aromatic rings. The normalized spacial score (nSPS) is 26.9. The van der Waals surface area contributed by atoms with E-state index in [2.05, 4.69) is 0 Å². The molecule has 0 bridgehead atoms. The van der Waals surface area contributed by atoms with Gasteiger partial charge in [0.05, 0.1) is 43.0 Å². The third-order valence-corrected chi connectivity index (χ3v) is 6.78. The molecule has 0 radical (unpaired) electrons. The van der Waals surface area contributed by atoms with E-state index in [0.29, 0.717) is 13.0 Å². The van der Waals surface area contributed by atoms with Gasteiger partial charge in [-0.1, -0.05) is 24.3 Å². The van der Waals surface area contributed by atoms with Gasteiger partial charge in [0, 0.05) is 6.42 Å². The van der Waals surface area contributed by atoms with E-state index in [-0.39, 0.29) is 6.61 Å². The zero-order valence-electron chi connectivity index (χ0n) is 16.6. The molecule has 5 atom stereocenters. The fourth-order valence-electron chi connectivity index (χ4n) is 3.58. The van der Waals surface area contributed by atoms with Crippen molar-refractivity contribution in [3.05, 3.63) is 59.2 Å². The van der Waals surface area contributed by atoms with Crippen LogP contribution in [0.4, 0.5) is 0 Å². The van der Waals surface area contributed by atoms with E-state index in [0.717, 1.165) is 28.2 Å². The lowest BCUT2D eigenvalue weighted by atomic mass is 9.94. The number of ether oxygens (including phenoxy) is 2. The summed E-state index contributed by atoms with van der Waals surface area (Å²) in [5, 5.41) is 39.2. The quantitative estimate of drug-likeness (QED) is 0.543. The molecule has 158 valence electrons. The fourth-order valence-corrected chi connectivity index (χ4v) is 4.99. The Labute approximate surface area is 175 Å². The van der Waals surface area contributed by atoms with Crippen LogP contribution in [0.1, 0.15) is 28.9 Å². The summed E-state index contributed by atoms with van der Waals surface area (Å²) in [5.74, 6) is 1.55. The van der Waals surface area contributed by atoms with Crippen LogP contribution in [0, 0.1) is 0 Å². The van der Waals surface area contributed by atoms with Gasteiger partial charge in [-0.3, -0.25) is 0 Å². The Morgan fingerprint density at radius 3 is 2.31 bits per heavy atom. The van der Waals surface area contributed by atoms with Gasteiger partial charge < -0.3 is 29.9 Å². The van der Waals surface area contributed by atoms with Crippen molar-refractivity contribution in [2.75, 3.05) is 20.3 Å². The van der Waals surface area contributed by atoms with E-state index >= 15 is 0 Å². The van der Waals surface area contributed by atoms with Gasteiger partial charge in [0.2, 0.25) is 0 Å². The van der Waals surface area contributed by atoms with Gasteiger partial charge in [-0.15, -0.1) is 11.8 Å². The maximum absolute atomic E-state index is 10.5. The van der Waals surface area contributed by atoms with E-state index in [1.807, 2.05) is 49.4 Å². The second-order valence-corrected chi connectivity index (χ2v) is 8.46. The first-order valence-electron chi connectivity index (χ1n) is 9.67. The van der Waals surface area contributed by atoms with E-state index in [9.17, 15) is 20.4 Å². The summed E-state index contributed by atoms with van der Waals surface area (Å²) >= 11 is 1.27. The van der Waals surface area contributed by atoms with Crippen molar-refractivity contribution < 1.29 is 29.9 Å². The number of hydrogen-bond donors (Lipinski definition) is 4. The Bertz CT molecular complexity index is 794. The highest BCUT2D eigenvalue weighted by atomic mass is 32.2. The molecule has 1 unspecified atom stereocenters. The number of rotatable bonds is 7. The van der Waals surface area contributed by atoms with E-state index in [1.54, 1.807) is 7.11 Å². The molecule has 0 amide bonds. The van der Waals surface area contributed by atoms with Crippen molar-refractivity contribution in [3.8, 4) is 11.5 Å². The molecule has 1 heterocycles. The first kappa shape index (κ1) is 21.9. The maximum atomic E-state index is 10.5. The van der Waals surface area contributed by atoms with Gasteiger partial charge in [-0.2, -0.15) is 0 Å². The molecular weight excluding hydrogens is 392 g/mol. The Morgan fingerprint density at radius 2 is 1.69 bits per heavy atom. The van der Waals surface area contributed by atoms with Crippen molar-refractivity contribution in [1.29, 1.82) is 0 Å². The molecule has 0 saturated carbocycles. The SMILES string of the molecule is CCOc1ccc(Cc2cc([C@@H]3S[C@H](CO)[C@@H](O)C(O)[C@H]3O)ccc2OC)cc1. The number of aliphatic hydroxyl groups excluding tert-OH is 4. The monoisotopic (exact) mass is 420 g/mol. The lowest BCUT2D eigenvalue weighted by Gasteiger charge is -2.39. The number of methoxy groups -OCH3 is 1. The second kappa shape index (κ2) is 9.82. The van der Waals surface area contributed by atoms with Gasteiger partial charge in [0.25, 0.3) is 0 Å². The predicted octanol–water partition coefficient (Wildman–Crippen LogP) is 1.92. The van der Waals surface area contributed by atoms with E-state index in [1.165, 1.54) is 11.8 Å². The molecule has 4 N–H and O–H groups in total. The second-order valence-electron chi connectivity index (χ2n) is 7.07. The molecule has 1 aliphatic heterocycles. The van der Waals surface area contributed by atoms with Crippen molar-refractivity contribution in [2.24, 2.45) is 0 Å². The largest absolute Gasteiger partial charge is 0.496 e. The van der Waals surface area contributed by atoms with Gasteiger partial charge in [0.15, 0.2) is 0 Å². The molecule has 2 aromatic carbocycles. The Hall–Kier alpha value is -1.77. The zero-order valence-corrected chi connectivity index (χ0v) is 17.4. The third-order valence-electron chi connectivity index (χ3n) is 5.15. The fraction of sp³-hybridized carbons (Fsp3) is 0.455. The average molecular weight is 421 g/mol. The summed E-state index contributed by atoms with van der Waals surface area (Å²) < 4.78 is 11.0. The summed E-state index contributed by atoms with van der Waals surface area (Å²) in [7, 11) is 1.61. The molecule has 0 aliphatic carbocycles. The number of hydrogen-bond acceptors (Lipinski definition) is 7. The molecule has 0 spiro atoms. The molecule has 1 saturated heterocycles. The van der Waals surface area contributed by atoms with Gasteiger partial charge in [0.1, 0.15) is 17.6 Å². The van der Waals surface area contributed by atoms with Gasteiger partial charge >= 0.3 is 0 Å². The smallest absolute Gasteiger partial charge is 0.122 e. The van der Waals surface area contributed by atoms with Gasteiger partial charge in [-0.25, -0.2) is 0 Å². The lowest BCUT2D eigenvalue weighted by Crippen LogP contribution is -2.51. The minimum Gasteiger partial charge on any atom is -0.496 e. The number of aliphatic hydroxyl groups is 4. The number of benzene rings is 2. The van der Waals surface area contributed by atoms with Crippen LogP contribution >= 0.6 is 11.8 Å². The van der Waals surface area contributed by atoms with Crippen LogP contribution in [-0.2, 0) is 6.42 Å². The van der Waals surface area contributed by atoms with Crippen LogP contribution in [0.3, 0.4) is 0 Å². The highest BCUT2D eigenvalue weighted by molar-refractivity contribution is 8.00. The highest BCUT2D eigenvalue weighted by Gasteiger charge is 2.43.